The summed E-state index contributed by atoms with van der Waals surface area (Å²) in [5, 5.41) is 1.26. The third-order valence-electron chi connectivity index (χ3n) is 2.72. The number of hydrogen-bond acceptors (Lipinski definition) is 2. The fraction of sp³-hybridized carbons (Fsp3) is 0.364. The Balaban J connectivity index is 2.34. The van der Waals surface area contributed by atoms with Crippen LogP contribution in [0, 0.1) is 6.92 Å². The average Bonchev–Trinajstić information content (AvgIpc) is 2.83. The first-order valence-corrected chi connectivity index (χ1v) is 4.69. The Labute approximate surface area is 76.6 Å². The van der Waals surface area contributed by atoms with E-state index in [1.807, 2.05) is 13.1 Å². The minimum Gasteiger partial charge on any atom is -0.462 e. The van der Waals surface area contributed by atoms with Crippen molar-refractivity contribution in [1.82, 2.24) is 4.98 Å². The van der Waals surface area contributed by atoms with Crippen molar-refractivity contribution in [2.75, 3.05) is 0 Å². The standard InChI is InChI=1S/C11H11NO/c1-7-11-9(4-5-13-11)10(6-12-7)8-2-3-8/h4-6,8H,2-3H2,1H3. The van der Waals surface area contributed by atoms with Crippen LogP contribution in [0.4, 0.5) is 0 Å². The second-order valence-electron chi connectivity index (χ2n) is 3.74. The van der Waals surface area contributed by atoms with Crippen LogP contribution >= 0.6 is 0 Å². The first-order chi connectivity index (χ1) is 6.36. The Morgan fingerprint density at radius 2 is 2.31 bits per heavy atom. The van der Waals surface area contributed by atoms with Gasteiger partial charge in [-0.25, -0.2) is 0 Å². The zero-order chi connectivity index (χ0) is 8.84. The molecule has 0 unspecified atom stereocenters. The quantitative estimate of drug-likeness (QED) is 0.662. The van der Waals surface area contributed by atoms with Crippen molar-refractivity contribution in [2.45, 2.75) is 25.7 Å². The summed E-state index contributed by atoms with van der Waals surface area (Å²) in [6.07, 6.45) is 6.38. The van der Waals surface area contributed by atoms with Gasteiger partial charge in [0.05, 0.1) is 12.0 Å². The Morgan fingerprint density at radius 3 is 3.08 bits per heavy atom. The summed E-state index contributed by atoms with van der Waals surface area (Å²) in [6.45, 7) is 1.99. The zero-order valence-electron chi connectivity index (χ0n) is 7.58. The van der Waals surface area contributed by atoms with Gasteiger partial charge in [-0.2, -0.15) is 0 Å². The number of hydrogen-bond donors (Lipinski definition) is 0. The molecule has 1 saturated carbocycles. The van der Waals surface area contributed by atoms with E-state index in [1.165, 1.54) is 23.8 Å². The molecular formula is C11H11NO. The molecule has 66 valence electrons. The summed E-state index contributed by atoms with van der Waals surface area (Å²) in [7, 11) is 0. The topological polar surface area (TPSA) is 26.0 Å². The molecule has 0 aliphatic heterocycles. The van der Waals surface area contributed by atoms with E-state index in [2.05, 4.69) is 11.1 Å². The van der Waals surface area contributed by atoms with Gasteiger partial charge >= 0.3 is 0 Å². The van der Waals surface area contributed by atoms with E-state index in [-0.39, 0.29) is 0 Å². The van der Waals surface area contributed by atoms with E-state index in [9.17, 15) is 0 Å². The van der Waals surface area contributed by atoms with Crippen LogP contribution in [-0.2, 0) is 0 Å². The molecule has 1 aliphatic carbocycles. The van der Waals surface area contributed by atoms with Crippen LogP contribution in [0.3, 0.4) is 0 Å². The van der Waals surface area contributed by atoms with E-state index in [0.717, 1.165) is 17.2 Å². The second kappa shape index (κ2) is 2.34. The van der Waals surface area contributed by atoms with Gasteiger partial charge < -0.3 is 4.42 Å². The smallest absolute Gasteiger partial charge is 0.155 e. The first-order valence-electron chi connectivity index (χ1n) is 4.69. The van der Waals surface area contributed by atoms with Crippen molar-refractivity contribution in [3.05, 3.63) is 29.8 Å². The van der Waals surface area contributed by atoms with Gasteiger partial charge in [0.15, 0.2) is 5.58 Å². The molecule has 13 heavy (non-hydrogen) atoms. The molecule has 0 aromatic carbocycles. The van der Waals surface area contributed by atoms with E-state index < -0.39 is 0 Å². The molecule has 2 heteroatoms. The Morgan fingerprint density at radius 1 is 1.46 bits per heavy atom. The number of rotatable bonds is 1. The molecule has 1 fully saturated rings. The molecule has 2 aromatic rings. The average molecular weight is 173 g/mol. The van der Waals surface area contributed by atoms with Crippen molar-refractivity contribution in [3.8, 4) is 0 Å². The molecule has 2 aromatic heterocycles. The normalized spacial score (nSPS) is 16.7. The van der Waals surface area contributed by atoms with Gasteiger partial charge in [0, 0.05) is 11.6 Å². The van der Waals surface area contributed by atoms with Gasteiger partial charge in [0.25, 0.3) is 0 Å². The molecule has 0 spiro atoms. The van der Waals surface area contributed by atoms with Gasteiger partial charge in [-0.1, -0.05) is 0 Å². The van der Waals surface area contributed by atoms with Crippen molar-refractivity contribution in [1.29, 1.82) is 0 Å². The summed E-state index contributed by atoms with van der Waals surface area (Å²) in [5.41, 5.74) is 3.32. The molecule has 0 atom stereocenters. The van der Waals surface area contributed by atoms with Crippen molar-refractivity contribution in [2.24, 2.45) is 0 Å². The first kappa shape index (κ1) is 7.13. The third-order valence-corrected chi connectivity index (χ3v) is 2.72. The molecule has 0 amide bonds. The van der Waals surface area contributed by atoms with Crippen molar-refractivity contribution >= 4 is 11.0 Å². The van der Waals surface area contributed by atoms with Crippen LogP contribution in [0.25, 0.3) is 11.0 Å². The highest BCUT2D eigenvalue weighted by molar-refractivity contribution is 5.83. The maximum atomic E-state index is 5.40. The number of aryl methyl sites for hydroxylation is 1. The molecule has 3 rings (SSSR count). The van der Waals surface area contributed by atoms with Gasteiger partial charge in [0.2, 0.25) is 0 Å². The highest BCUT2D eigenvalue weighted by Crippen LogP contribution is 2.43. The Kier molecular flexibility index (Phi) is 1.29. The summed E-state index contributed by atoms with van der Waals surface area (Å²) >= 11 is 0. The Bertz CT molecular complexity index is 454. The number of furan rings is 1. The lowest BCUT2D eigenvalue weighted by Crippen LogP contribution is -1.86. The molecule has 2 heterocycles. The van der Waals surface area contributed by atoms with Gasteiger partial charge in [0.1, 0.15) is 0 Å². The number of nitrogens with zero attached hydrogens (tertiary/aromatic N) is 1. The van der Waals surface area contributed by atoms with Gasteiger partial charge in [-0.15, -0.1) is 0 Å². The molecule has 0 saturated heterocycles. The summed E-state index contributed by atoms with van der Waals surface area (Å²) < 4.78 is 5.40. The minimum absolute atomic E-state index is 0.744. The fourth-order valence-corrected chi connectivity index (χ4v) is 1.83. The lowest BCUT2D eigenvalue weighted by molar-refractivity contribution is 0.610. The summed E-state index contributed by atoms with van der Waals surface area (Å²) in [4.78, 5) is 4.35. The monoisotopic (exact) mass is 173 g/mol. The maximum absolute atomic E-state index is 5.40. The van der Waals surface area contributed by atoms with E-state index in [4.69, 9.17) is 4.42 Å². The fourth-order valence-electron chi connectivity index (χ4n) is 1.83. The molecule has 2 nitrogen and oxygen atoms in total. The van der Waals surface area contributed by atoms with Gasteiger partial charge in [-0.3, -0.25) is 4.98 Å². The molecule has 0 bridgehead atoms. The van der Waals surface area contributed by atoms with E-state index >= 15 is 0 Å². The minimum atomic E-state index is 0.744. The molecule has 0 radical (unpaired) electrons. The lowest BCUT2D eigenvalue weighted by atomic mass is 10.1. The van der Waals surface area contributed by atoms with E-state index in [0.29, 0.717) is 0 Å². The number of aromatic nitrogens is 1. The summed E-state index contributed by atoms with van der Waals surface area (Å²) in [5.74, 6) is 0.744. The van der Waals surface area contributed by atoms with Crippen molar-refractivity contribution < 1.29 is 4.42 Å². The van der Waals surface area contributed by atoms with Gasteiger partial charge in [-0.05, 0) is 37.3 Å². The van der Waals surface area contributed by atoms with Crippen LogP contribution in [-0.4, -0.2) is 4.98 Å². The largest absolute Gasteiger partial charge is 0.462 e. The Hall–Kier alpha value is -1.31. The van der Waals surface area contributed by atoms with Crippen LogP contribution in [0.2, 0.25) is 0 Å². The molecule has 0 N–H and O–H groups in total. The molecule has 1 aliphatic rings. The SMILES string of the molecule is Cc1ncc(C2CC2)c2ccoc12. The highest BCUT2D eigenvalue weighted by Gasteiger charge is 2.26. The van der Waals surface area contributed by atoms with E-state index in [1.54, 1.807) is 6.26 Å². The highest BCUT2D eigenvalue weighted by atomic mass is 16.3. The van der Waals surface area contributed by atoms with Crippen LogP contribution in [0.1, 0.15) is 30.0 Å². The second-order valence-corrected chi connectivity index (χ2v) is 3.74. The number of fused-ring (bicyclic) bond motifs is 1. The lowest BCUT2D eigenvalue weighted by Gasteiger charge is -2.00. The maximum Gasteiger partial charge on any atom is 0.155 e. The zero-order valence-corrected chi connectivity index (χ0v) is 7.58. The van der Waals surface area contributed by atoms with Crippen molar-refractivity contribution in [3.63, 3.8) is 0 Å². The van der Waals surface area contributed by atoms with Crippen LogP contribution in [0.15, 0.2) is 22.9 Å². The van der Waals surface area contributed by atoms with Crippen LogP contribution < -0.4 is 0 Å². The predicted octanol–water partition coefficient (Wildman–Crippen LogP) is 3.01. The number of pyridine rings is 1. The van der Waals surface area contributed by atoms with Crippen LogP contribution in [0.5, 0.6) is 0 Å². The predicted molar refractivity (Wildman–Crippen MR) is 50.7 cm³/mol. The third kappa shape index (κ3) is 0.981. The summed E-state index contributed by atoms with van der Waals surface area (Å²) in [6, 6.07) is 2.05. The molecular weight excluding hydrogens is 162 g/mol.